The summed E-state index contributed by atoms with van der Waals surface area (Å²) < 4.78 is 6.72. The summed E-state index contributed by atoms with van der Waals surface area (Å²) in [4.78, 5) is 0. The van der Waals surface area contributed by atoms with Gasteiger partial charge in [-0.15, -0.1) is 0 Å². The Morgan fingerprint density at radius 1 is 1.15 bits per heavy atom. The lowest BCUT2D eigenvalue weighted by atomic mass is 10.1. The van der Waals surface area contributed by atoms with Gasteiger partial charge in [0, 0.05) is 4.47 Å². The zero-order valence-electron chi connectivity index (χ0n) is 7.24. The summed E-state index contributed by atoms with van der Waals surface area (Å²) in [5.41, 5.74) is 1.26. The third-order valence-corrected chi connectivity index (χ3v) is 2.68. The minimum atomic E-state index is 0.248. The molecule has 0 bridgehead atoms. The molecule has 1 unspecified atom stereocenters. The van der Waals surface area contributed by atoms with Crippen molar-refractivity contribution in [2.24, 2.45) is 0 Å². The topological polar surface area (TPSA) is 9.23 Å². The third kappa shape index (κ3) is 2.20. The van der Waals surface area contributed by atoms with Gasteiger partial charge in [-0.1, -0.05) is 40.2 Å². The van der Waals surface area contributed by atoms with Crippen molar-refractivity contribution in [2.45, 2.75) is 12.5 Å². The third-order valence-electron chi connectivity index (χ3n) is 2.15. The van der Waals surface area contributed by atoms with Gasteiger partial charge >= 0.3 is 0 Å². The van der Waals surface area contributed by atoms with Crippen LogP contribution in [0.25, 0.3) is 0 Å². The Balaban J connectivity index is 2.15. The highest BCUT2D eigenvalue weighted by molar-refractivity contribution is 9.10. The zero-order valence-corrected chi connectivity index (χ0v) is 8.83. The number of halogens is 1. The van der Waals surface area contributed by atoms with E-state index in [4.69, 9.17) is 4.74 Å². The largest absolute Gasteiger partial charge is 0.369 e. The Morgan fingerprint density at radius 3 is 2.54 bits per heavy atom. The molecule has 0 spiro atoms. The highest BCUT2D eigenvalue weighted by Gasteiger charge is 2.11. The van der Waals surface area contributed by atoms with Gasteiger partial charge in [0.1, 0.15) is 0 Å². The molecule has 0 N–H and O–H groups in total. The van der Waals surface area contributed by atoms with E-state index >= 15 is 0 Å². The van der Waals surface area contributed by atoms with Gasteiger partial charge in [-0.25, -0.2) is 0 Å². The Morgan fingerprint density at radius 2 is 1.92 bits per heavy atom. The summed E-state index contributed by atoms with van der Waals surface area (Å²) in [7, 11) is 0. The molecule has 1 aromatic carbocycles. The van der Waals surface area contributed by atoms with Crippen molar-refractivity contribution in [3.8, 4) is 0 Å². The average molecular weight is 239 g/mol. The van der Waals surface area contributed by atoms with Crippen LogP contribution in [0.2, 0.25) is 0 Å². The maximum absolute atomic E-state index is 5.60. The molecule has 0 aliphatic carbocycles. The van der Waals surface area contributed by atoms with E-state index < -0.39 is 0 Å². The van der Waals surface area contributed by atoms with Gasteiger partial charge < -0.3 is 4.74 Å². The maximum atomic E-state index is 5.60. The van der Waals surface area contributed by atoms with E-state index in [1.807, 2.05) is 0 Å². The molecule has 0 amide bonds. The molecule has 2 heteroatoms. The monoisotopic (exact) mass is 238 g/mol. The fourth-order valence-electron chi connectivity index (χ4n) is 1.44. The van der Waals surface area contributed by atoms with E-state index in [1.165, 1.54) is 5.56 Å². The predicted octanol–water partition coefficient (Wildman–Crippen LogP) is 3.47. The Bertz CT molecular complexity index is 302. The van der Waals surface area contributed by atoms with Crippen molar-refractivity contribution in [3.63, 3.8) is 0 Å². The van der Waals surface area contributed by atoms with E-state index in [2.05, 4.69) is 52.3 Å². The summed E-state index contributed by atoms with van der Waals surface area (Å²) in [6, 6.07) is 8.32. The molecule has 1 aliphatic heterocycles. The van der Waals surface area contributed by atoms with Gasteiger partial charge in [0.15, 0.2) is 0 Å². The molecular weight excluding hydrogens is 228 g/mol. The van der Waals surface area contributed by atoms with Crippen LogP contribution in [0.15, 0.2) is 40.9 Å². The molecule has 0 radical (unpaired) electrons. The van der Waals surface area contributed by atoms with Gasteiger partial charge in [-0.05, 0) is 24.1 Å². The molecule has 0 aromatic heterocycles. The Hall–Kier alpha value is -0.600. The molecule has 0 fully saturated rings. The highest BCUT2D eigenvalue weighted by atomic mass is 79.9. The van der Waals surface area contributed by atoms with E-state index in [9.17, 15) is 0 Å². The van der Waals surface area contributed by atoms with Crippen molar-refractivity contribution in [3.05, 3.63) is 46.5 Å². The second-order valence-electron chi connectivity index (χ2n) is 3.08. The summed E-state index contributed by atoms with van der Waals surface area (Å²) in [5, 5.41) is 0. The minimum Gasteiger partial charge on any atom is -0.369 e. The lowest BCUT2D eigenvalue weighted by molar-refractivity contribution is 0.0677. The Labute approximate surface area is 86.5 Å². The van der Waals surface area contributed by atoms with Gasteiger partial charge in [-0.2, -0.15) is 0 Å². The van der Waals surface area contributed by atoms with E-state index in [0.29, 0.717) is 0 Å². The first-order valence-corrected chi connectivity index (χ1v) is 5.17. The van der Waals surface area contributed by atoms with Gasteiger partial charge in [0.2, 0.25) is 0 Å². The fourth-order valence-corrected chi connectivity index (χ4v) is 1.70. The highest BCUT2D eigenvalue weighted by Crippen LogP contribution is 2.25. The normalized spacial score (nSPS) is 21.8. The van der Waals surface area contributed by atoms with Gasteiger partial charge in [0.25, 0.3) is 0 Å². The van der Waals surface area contributed by atoms with Crippen LogP contribution in [-0.2, 0) is 4.74 Å². The molecule has 0 saturated carbocycles. The molecule has 1 atom stereocenters. The van der Waals surface area contributed by atoms with Crippen LogP contribution in [0, 0.1) is 0 Å². The molecule has 1 heterocycles. The fraction of sp³-hybridized carbons (Fsp3) is 0.273. The second-order valence-corrected chi connectivity index (χ2v) is 4.00. The van der Waals surface area contributed by atoms with Crippen LogP contribution in [0.4, 0.5) is 0 Å². The number of hydrogen-bond acceptors (Lipinski definition) is 1. The van der Waals surface area contributed by atoms with Crippen LogP contribution in [0.1, 0.15) is 18.1 Å². The standard InChI is InChI=1S/C11H11BrO/c12-10-6-4-9(5-7-10)11-3-1-2-8-13-11/h1-2,4-7,11H,3,8H2. The van der Waals surface area contributed by atoms with Gasteiger partial charge in [-0.3, -0.25) is 0 Å². The van der Waals surface area contributed by atoms with E-state index in [1.54, 1.807) is 0 Å². The second kappa shape index (κ2) is 4.07. The molecular formula is C11H11BrO. The smallest absolute Gasteiger partial charge is 0.0863 e. The quantitative estimate of drug-likeness (QED) is 0.682. The molecule has 1 aliphatic rings. The van der Waals surface area contributed by atoms with Crippen LogP contribution in [0.3, 0.4) is 0 Å². The van der Waals surface area contributed by atoms with Gasteiger partial charge in [0.05, 0.1) is 12.7 Å². The minimum absolute atomic E-state index is 0.248. The van der Waals surface area contributed by atoms with Crippen molar-refractivity contribution in [1.82, 2.24) is 0 Å². The van der Waals surface area contributed by atoms with Crippen molar-refractivity contribution < 1.29 is 4.74 Å². The number of rotatable bonds is 1. The molecule has 1 nitrogen and oxygen atoms in total. The van der Waals surface area contributed by atoms with Crippen molar-refractivity contribution in [1.29, 1.82) is 0 Å². The van der Waals surface area contributed by atoms with Crippen molar-refractivity contribution in [2.75, 3.05) is 6.61 Å². The first-order chi connectivity index (χ1) is 6.36. The summed E-state index contributed by atoms with van der Waals surface area (Å²) >= 11 is 3.41. The summed E-state index contributed by atoms with van der Waals surface area (Å²) in [6.45, 7) is 0.737. The average Bonchev–Trinajstić information content (AvgIpc) is 2.20. The summed E-state index contributed by atoms with van der Waals surface area (Å²) in [5.74, 6) is 0. The maximum Gasteiger partial charge on any atom is 0.0863 e. The van der Waals surface area contributed by atoms with E-state index in [-0.39, 0.29) is 6.10 Å². The first kappa shape index (κ1) is 8.97. The SMILES string of the molecule is Brc1ccc(C2CC=CCO2)cc1. The lowest BCUT2D eigenvalue weighted by Gasteiger charge is -2.18. The van der Waals surface area contributed by atoms with Crippen LogP contribution in [0.5, 0.6) is 0 Å². The Kier molecular flexibility index (Phi) is 2.81. The first-order valence-electron chi connectivity index (χ1n) is 4.38. The molecule has 0 saturated heterocycles. The lowest BCUT2D eigenvalue weighted by Crippen LogP contribution is -2.07. The predicted molar refractivity (Wildman–Crippen MR) is 56.6 cm³/mol. The van der Waals surface area contributed by atoms with Crippen LogP contribution < -0.4 is 0 Å². The van der Waals surface area contributed by atoms with Crippen LogP contribution >= 0.6 is 15.9 Å². The number of benzene rings is 1. The van der Waals surface area contributed by atoms with Crippen molar-refractivity contribution >= 4 is 15.9 Å². The van der Waals surface area contributed by atoms with Crippen LogP contribution in [-0.4, -0.2) is 6.61 Å². The molecule has 2 rings (SSSR count). The summed E-state index contributed by atoms with van der Waals surface area (Å²) in [6.07, 6.45) is 5.48. The van der Waals surface area contributed by atoms with E-state index in [0.717, 1.165) is 17.5 Å². The number of ether oxygens (including phenoxy) is 1. The molecule has 68 valence electrons. The molecule has 13 heavy (non-hydrogen) atoms. The zero-order chi connectivity index (χ0) is 9.10. The molecule has 1 aromatic rings. The number of hydrogen-bond donors (Lipinski definition) is 0.